The van der Waals surface area contributed by atoms with Gasteiger partial charge in [0.1, 0.15) is 18.6 Å². The number of carbonyl (C=O) groups excluding carboxylic acids is 1. The molecular formula is C18H25N3O5. The summed E-state index contributed by atoms with van der Waals surface area (Å²) in [6, 6.07) is 5.22. The maximum Gasteiger partial charge on any atom is 0.323 e. The monoisotopic (exact) mass is 363 g/mol. The summed E-state index contributed by atoms with van der Waals surface area (Å²) < 4.78 is 0. The Morgan fingerprint density at radius 3 is 2.65 bits per heavy atom. The number of aryl methyl sites for hydroxylation is 1. The van der Waals surface area contributed by atoms with Gasteiger partial charge in [0.05, 0.1) is 0 Å². The zero-order valence-corrected chi connectivity index (χ0v) is 14.8. The fourth-order valence-electron chi connectivity index (χ4n) is 3.29. The summed E-state index contributed by atoms with van der Waals surface area (Å²) in [6.07, 6.45) is 2.66. The van der Waals surface area contributed by atoms with Crippen LogP contribution in [-0.2, 0) is 20.8 Å². The Balaban J connectivity index is 2.34. The first-order valence-corrected chi connectivity index (χ1v) is 8.73. The highest BCUT2D eigenvalue weighted by molar-refractivity contribution is 6.02. The summed E-state index contributed by atoms with van der Waals surface area (Å²) in [7, 11) is 0. The van der Waals surface area contributed by atoms with Crippen LogP contribution in [0.3, 0.4) is 0 Å². The standard InChI is InChI=1S/C18H25N3O5/c1-2-3-7-15(18(25)26)21(19)14-10-9-12-6-4-5-8-13(12)20(17(14)24)11-16(22)23/h4-6,8,14-15H,2-3,7,9-11,19H2,1H3,(H,22,23)(H,25,26)/t14-,15-/m0/s1. The zero-order chi connectivity index (χ0) is 19.3. The summed E-state index contributed by atoms with van der Waals surface area (Å²) in [5, 5.41) is 19.8. The van der Waals surface area contributed by atoms with E-state index in [2.05, 4.69) is 0 Å². The first-order valence-electron chi connectivity index (χ1n) is 8.73. The molecule has 0 spiro atoms. The van der Waals surface area contributed by atoms with Crippen molar-refractivity contribution in [2.75, 3.05) is 11.4 Å². The number of carboxylic acid groups (broad SMARTS) is 2. The molecule has 0 aliphatic carbocycles. The van der Waals surface area contributed by atoms with E-state index in [4.69, 9.17) is 5.84 Å². The van der Waals surface area contributed by atoms with Crippen LogP contribution in [0.15, 0.2) is 24.3 Å². The van der Waals surface area contributed by atoms with E-state index in [1.54, 1.807) is 12.1 Å². The third-order valence-corrected chi connectivity index (χ3v) is 4.65. The second-order valence-corrected chi connectivity index (χ2v) is 6.44. The normalized spacial score (nSPS) is 18.3. The molecule has 0 saturated heterocycles. The summed E-state index contributed by atoms with van der Waals surface area (Å²) in [4.78, 5) is 37.1. The SMILES string of the molecule is CCCC[C@@H](C(=O)O)N(N)[C@H]1CCc2ccccc2N(CC(=O)O)C1=O. The molecule has 2 rings (SSSR count). The third-order valence-electron chi connectivity index (χ3n) is 4.65. The van der Waals surface area contributed by atoms with Gasteiger partial charge in [-0.1, -0.05) is 38.0 Å². The largest absolute Gasteiger partial charge is 0.480 e. The molecule has 1 aromatic rings. The molecule has 0 bridgehead atoms. The lowest BCUT2D eigenvalue weighted by atomic mass is 10.0. The third kappa shape index (κ3) is 4.39. The Hall–Kier alpha value is -2.45. The van der Waals surface area contributed by atoms with E-state index in [1.807, 2.05) is 19.1 Å². The lowest BCUT2D eigenvalue weighted by Gasteiger charge is -2.33. The Labute approximate surface area is 152 Å². The van der Waals surface area contributed by atoms with Crippen molar-refractivity contribution in [1.29, 1.82) is 0 Å². The van der Waals surface area contributed by atoms with E-state index >= 15 is 0 Å². The summed E-state index contributed by atoms with van der Waals surface area (Å²) in [5.74, 6) is 3.37. The van der Waals surface area contributed by atoms with E-state index in [0.29, 0.717) is 31.4 Å². The van der Waals surface area contributed by atoms with Crippen molar-refractivity contribution >= 4 is 23.5 Å². The van der Waals surface area contributed by atoms with Crippen LogP contribution in [0.5, 0.6) is 0 Å². The topological polar surface area (TPSA) is 124 Å². The average Bonchev–Trinajstić information content (AvgIpc) is 2.72. The quantitative estimate of drug-likeness (QED) is 0.469. The summed E-state index contributed by atoms with van der Waals surface area (Å²) >= 11 is 0. The van der Waals surface area contributed by atoms with E-state index in [-0.39, 0.29) is 0 Å². The first-order chi connectivity index (χ1) is 12.4. The fraction of sp³-hybridized carbons (Fsp3) is 0.500. The molecule has 1 heterocycles. The van der Waals surface area contributed by atoms with Crippen LogP contribution in [0.2, 0.25) is 0 Å². The lowest BCUT2D eigenvalue weighted by Crippen LogP contribution is -2.58. The predicted molar refractivity (Wildman–Crippen MR) is 95.5 cm³/mol. The minimum Gasteiger partial charge on any atom is -0.480 e. The van der Waals surface area contributed by atoms with Gasteiger partial charge in [0, 0.05) is 5.69 Å². The van der Waals surface area contributed by atoms with Gasteiger partial charge in [-0.15, -0.1) is 0 Å². The number of carbonyl (C=O) groups is 3. The van der Waals surface area contributed by atoms with Crippen molar-refractivity contribution < 1.29 is 24.6 Å². The number of unbranched alkanes of at least 4 members (excludes halogenated alkanes) is 1. The highest BCUT2D eigenvalue weighted by atomic mass is 16.4. The van der Waals surface area contributed by atoms with Crippen LogP contribution in [0.1, 0.15) is 38.2 Å². The molecule has 0 aromatic heterocycles. The van der Waals surface area contributed by atoms with E-state index < -0.39 is 36.5 Å². The number of para-hydroxylation sites is 1. The van der Waals surface area contributed by atoms with Crippen molar-refractivity contribution in [3.8, 4) is 0 Å². The molecule has 0 fully saturated rings. The number of anilines is 1. The molecule has 8 heteroatoms. The molecule has 1 aliphatic rings. The summed E-state index contributed by atoms with van der Waals surface area (Å²) in [6.45, 7) is 1.45. The molecule has 1 aromatic carbocycles. The van der Waals surface area contributed by atoms with Crippen molar-refractivity contribution in [3.63, 3.8) is 0 Å². The van der Waals surface area contributed by atoms with Gasteiger partial charge in [-0.25, -0.2) is 5.01 Å². The smallest absolute Gasteiger partial charge is 0.323 e. The van der Waals surface area contributed by atoms with Crippen LogP contribution in [0.4, 0.5) is 5.69 Å². The molecule has 4 N–H and O–H groups in total. The van der Waals surface area contributed by atoms with Crippen LogP contribution >= 0.6 is 0 Å². The number of aliphatic carboxylic acids is 2. The number of nitrogens with two attached hydrogens (primary N) is 1. The number of benzene rings is 1. The number of hydrogen-bond acceptors (Lipinski definition) is 5. The Morgan fingerprint density at radius 1 is 1.35 bits per heavy atom. The Morgan fingerprint density at radius 2 is 2.04 bits per heavy atom. The Kier molecular flexibility index (Phi) is 6.70. The lowest BCUT2D eigenvalue weighted by molar-refractivity contribution is -0.146. The molecule has 0 saturated carbocycles. The van der Waals surface area contributed by atoms with Gasteiger partial charge in [0.2, 0.25) is 5.91 Å². The number of hydrogen-bond donors (Lipinski definition) is 3. The minimum atomic E-state index is -1.14. The van der Waals surface area contributed by atoms with Crippen LogP contribution in [0, 0.1) is 0 Å². The van der Waals surface area contributed by atoms with Crippen molar-refractivity contribution in [3.05, 3.63) is 29.8 Å². The molecular weight excluding hydrogens is 338 g/mol. The second kappa shape index (κ2) is 8.77. The van der Waals surface area contributed by atoms with Crippen LogP contribution in [-0.4, -0.2) is 51.7 Å². The predicted octanol–water partition coefficient (Wildman–Crippen LogP) is 1.24. The van der Waals surface area contributed by atoms with Gasteiger partial charge in [-0.2, -0.15) is 0 Å². The number of rotatable bonds is 8. The maximum atomic E-state index is 13.0. The fourth-order valence-corrected chi connectivity index (χ4v) is 3.29. The van der Waals surface area contributed by atoms with Crippen LogP contribution < -0.4 is 10.7 Å². The van der Waals surface area contributed by atoms with Gasteiger partial charge in [0.15, 0.2) is 0 Å². The molecule has 142 valence electrons. The molecule has 1 aliphatic heterocycles. The molecule has 0 radical (unpaired) electrons. The van der Waals surface area contributed by atoms with Gasteiger partial charge < -0.3 is 10.2 Å². The number of fused-ring (bicyclic) bond motifs is 1. The highest BCUT2D eigenvalue weighted by Crippen LogP contribution is 2.29. The summed E-state index contributed by atoms with van der Waals surface area (Å²) in [5.41, 5.74) is 1.38. The van der Waals surface area contributed by atoms with Crippen LogP contribution in [0.25, 0.3) is 0 Å². The maximum absolute atomic E-state index is 13.0. The molecule has 8 nitrogen and oxygen atoms in total. The van der Waals surface area contributed by atoms with Crippen molar-refractivity contribution in [2.24, 2.45) is 5.84 Å². The number of carboxylic acids is 2. The zero-order valence-electron chi connectivity index (χ0n) is 14.8. The Bertz CT molecular complexity index is 679. The van der Waals surface area contributed by atoms with Gasteiger partial charge >= 0.3 is 11.9 Å². The molecule has 1 amide bonds. The number of hydrazine groups is 1. The van der Waals surface area contributed by atoms with E-state index in [9.17, 15) is 24.6 Å². The minimum absolute atomic E-state index is 0.331. The van der Waals surface area contributed by atoms with E-state index in [1.165, 1.54) is 4.90 Å². The molecule has 2 atom stereocenters. The number of nitrogens with zero attached hydrogens (tertiary/aromatic N) is 2. The average molecular weight is 363 g/mol. The molecule has 0 unspecified atom stereocenters. The van der Waals surface area contributed by atoms with Crippen molar-refractivity contribution in [1.82, 2.24) is 5.01 Å². The first kappa shape index (κ1) is 19.9. The van der Waals surface area contributed by atoms with Gasteiger partial charge in [-0.05, 0) is 30.9 Å². The number of amides is 1. The van der Waals surface area contributed by atoms with E-state index in [0.717, 1.165) is 17.0 Å². The molecule has 26 heavy (non-hydrogen) atoms. The van der Waals surface area contributed by atoms with Crippen molar-refractivity contribution in [2.45, 2.75) is 51.1 Å². The van der Waals surface area contributed by atoms with Gasteiger partial charge in [-0.3, -0.25) is 25.1 Å². The van der Waals surface area contributed by atoms with Gasteiger partial charge in [0.25, 0.3) is 0 Å². The highest BCUT2D eigenvalue weighted by Gasteiger charge is 2.38. The second-order valence-electron chi connectivity index (χ2n) is 6.44.